The van der Waals surface area contributed by atoms with Crippen molar-refractivity contribution < 1.29 is 28.4 Å². The van der Waals surface area contributed by atoms with Crippen molar-refractivity contribution in [2.75, 3.05) is 59.5 Å². The first-order valence-electron chi connectivity index (χ1n) is 23.7. The molecule has 3 aliphatic rings. The van der Waals surface area contributed by atoms with E-state index in [0.717, 1.165) is 76.2 Å². The zero-order valence-corrected chi connectivity index (χ0v) is 40.2. The highest BCUT2D eigenvalue weighted by molar-refractivity contribution is 5.56. The molecule has 6 nitrogen and oxygen atoms in total. The summed E-state index contributed by atoms with van der Waals surface area (Å²) < 4.78 is 36.7. The summed E-state index contributed by atoms with van der Waals surface area (Å²) in [5.41, 5.74) is 9.63. The summed E-state index contributed by atoms with van der Waals surface area (Å²) in [6, 6.07) is 30.1. The van der Waals surface area contributed by atoms with Crippen molar-refractivity contribution in [3.05, 3.63) is 123 Å². The SMILES string of the molecule is CCC1(COc2ccc(C(C)(C)c3ccc(C(C)(c4ccc(OCC5(CC)COC5)c(C(C)C)c4)c4ccc(OCC5(CC)COC5)c(C(C)C)c4)cc3)cc2C(C)C)COC1. The lowest BCUT2D eigenvalue weighted by atomic mass is 9.69. The normalized spacial score (nSPS) is 18.0. The third-order valence-electron chi connectivity index (χ3n) is 15.3. The Balaban J connectivity index is 1.26. The highest BCUT2D eigenvalue weighted by Gasteiger charge is 2.41. The number of hydrogen-bond acceptors (Lipinski definition) is 6. The largest absolute Gasteiger partial charge is 0.493 e. The molecule has 0 spiro atoms. The standard InChI is InChI=1S/C56H76O6/c1-13-54(29-57-30-54)35-60-49-23-20-43(26-46(49)38(4)5)52(10,11)41-16-18-42(19-17-41)53(12,44-21-24-50(47(27-44)39(6)7)61-36-55(14-2)31-58-32-55)45-22-25-51(48(28-45)40(8)9)62-37-56(15-3)33-59-34-56/h16-28,38-40H,13-15,29-37H2,1-12H3. The average Bonchev–Trinajstić information content (AvgIpc) is 3.22. The Hall–Kier alpha value is -3.84. The predicted molar refractivity (Wildman–Crippen MR) is 253 cm³/mol. The van der Waals surface area contributed by atoms with Crippen molar-refractivity contribution >= 4 is 0 Å². The molecule has 3 saturated heterocycles. The van der Waals surface area contributed by atoms with Crippen LogP contribution in [0, 0.1) is 16.2 Å². The van der Waals surface area contributed by atoms with Gasteiger partial charge in [0.15, 0.2) is 0 Å². The smallest absolute Gasteiger partial charge is 0.122 e. The summed E-state index contributed by atoms with van der Waals surface area (Å²) in [5, 5.41) is 0. The van der Waals surface area contributed by atoms with E-state index in [1.807, 2.05) is 0 Å². The van der Waals surface area contributed by atoms with Gasteiger partial charge in [-0.05, 0) is 107 Å². The average molecular weight is 845 g/mol. The van der Waals surface area contributed by atoms with Crippen LogP contribution in [-0.4, -0.2) is 59.5 Å². The molecule has 4 aromatic rings. The second-order valence-corrected chi connectivity index (χ2v) is 21.0. The second kappa shape index (κ2) is 18.3. The minimum atomic E-state index is -0.475. The molecule has 3 heterocycles. The number of ether oxygens (including phenoxy) is 6. The molecule has 0 atom stereocenters. The van der Waals surface area contributed by atoms with Gasteiger partial charge in [-0.15, -0.1) is 0 Å². The van der Waals surface area contributed by atoms with E-state index in [1.165, 1.54) is 44.5 Å². The lowest BCUT2D eigenvalue weighted by molar-refractivity contribution is -0.133. The maximum Gasteiger partial charge on any atom is 0.122 e. The molecule has 0 bridgehead atoms. The van der Waals surface area contributed by atoms with Crippen LogP contribution >= 0.6 is 0 Å². The van der Waals surface area contributed by atoms with Crippen LogP contribution in [0.15, 0.2) is 78.9 Å². The first kappa shape index (κ1) is 46.2. The molecule has 336 valence electrons. The van der Waals surface area contributed by atoms with Gasteiger partial charge in [0, 0.05) is 10.8 Å². The minimum Gasteiger partial charge on any atom is -0.493 e. The Morgan fingerprint density at radius 2 is 0.726 bits per heavy atom. The first-order valence-corrected chi connectivity index (χ1v) is 23.7. The fraction of sp³-hybridized carbons (Fsp3) is 0.571. The van der Waals surface area contributed by atoms with E-state index >= 15 is 0 Å². The molecule has 0 radical (unpaired) electrons. The molecule has 4 aromatic carbocycles. The molecule has 0 aromatic heterocycles. The van der Waals surface area contributed by atoms with E-state index in [4.69, 9.17) is 28.4 Å². The van der Waals surface area contributed by atoms with Crippen molar-refractivity contribution in [3.63, 3.8) is 0 Å². The third-order valence-corrected chi connectivity index (χ3v) is 15.3. The minimum absolute atomic E-state index is 0.103. The lowest BCUT2D eigenvalue weighted by Crippen LogP contribution is -2.46. The van der Waals surface area contributed by atoms with Gasteiger partial charge in [-0.25, -0.2) is 0 Å². The molecule has 62 heavy (non-hydrogen) atoms. The second-order valence-electron chi connectivity index (χ2n) is 21.0. The molecule has 6 heteroatoms. The zero-order valence-electron chi connectivity index (χ0n) is 40.2. The molecular formula is C56H76O6. The van der Waals surface area contributed by atoms with Gasteiger partial charge in [-0.2, -0.15) is 0 Å². The van der Waals surface area contributed by atoms with E-state index in [-0.39, 0.29) is 33.5 Å². The fourth-order valence-corrected chi connectivity index (χ4v) is 9.32. The molecule has 3 aliphatic heterocycles. The maximum absolute atomic E-state index is 6.67. The first-order chi connectivity index (χ1) is 29.5. The molecule has 0 unspecified atom stereocenters. The third kappa shape index (κ3) is 8.95. The Bertz CT molecular complexity index is 2030. The van der Waals surface area contributed by atoms with E-state index in [9.17, 15) is 0 Å². The summed E-state index contributed by atoms with van der Waals surface area (Å²) in [5.74, 6) is 3.83. The van der Waals surface area contributed by atoms with Gasteiger partial charge in [0.2, 0.25) is 0 Å². The summed E-state index contributed by atoms with van der Waals surface area (Å²) >= 11 is 0. The van der Waals surface area contributed by atoms with Crippen LogP contribution in [0.5, 0.6) is 17.2 Å². The van der Waals surface area contributed by atoms with Gasteiger partial charge in [0.05, 0.1) is 75.7 Å². The van der Waals surface area contributed by atoms with Gasteiger partial charge < -0.3 is 28.4 Å². The summed E-state index contributed by atoms with van der Waals surface area (Å²) in [4.78, 5) is 0. The quantitative estimate of drug-likeness (QED) is 0.0826. The molecule has 7 rings (SSSR count). The Labute approximate surface area is 374 Å². The van der Waals surface area contributed by atoms with Gasteiger partial charge in [-0.3, -0.25) is 0 Å². The van der Waals surface area contributed by atoms with Crippen molar-refractivity contribution in [2.45, 2.75) is 131 Å². The fourth-order valence-electron chi connectivity index (χ4n) is 9.32. The van der Waals surface area contributed by atoms with Crippen LogP contribution in [0.1, 0.15) is 165 Å². The van der Waals surface area contributed by atoms with Gasteiger partial charge >= 0.3 is 0 Å². The monoisotopic (exact) mass is 845 g/mol. The molecule has 0 aliphatic carbocycles. The van der Waals surface area contributed by atoms with Gasteiger partial charge in [0.1, 0.15) is 17.2 Å². The van der Waals surface area contributed by atoms with Crippen LogP contribution in [0.2, 0.25) is 0 Å². The van der Waals surface area contributed by atoms with Crippen LogP contribution in [0.3, 0.4) is 0 Å². The maximum atomic E-state index is 6.67. The van der Waals surface area contributed by atoms with Gasteiger partial charge in [-0.1, -0.05) is 137 Å². The van der Waals surface area contributed by atoms with Crippen molar-refractivity contribution in [3.8, 4) is 17.2 Å². The highest BCUT2D eigenvalue weighted by Crippen LogP contribution is 2.46. The van der Waals surface area contributed by atoms with Crippen LogP contribution in [-0.2, 0) is 25.0 Å². The van der Waals surface area contributed by atoms with E-state index < -0.39 is 5.41 Å². The van der Waals surface area contributed by atoms with Crippen molar-refractivity contribution in [1.82, 2.24) is 0 Å². The van der Waals surface area contributed by atoms with Crippen LogP contribution < -0.4 is 14.2 Å². The van der Waals surface area contributed by atoms with Crippen molar-refractivity contribution in [1.29, 1.82) is 0 Å². The highest BCUT2D eigenvalue weighted by atomic mass is 16.5. The number of benzene rings is 4. The zero-order chi connectivity index (χ0) is 44.5. The molecular weight excluding hydrogens is 769 g/mol. The summed E-state index contributed by atoms with van der Waals surface area (Å²) in [6.45, 7) is 34.1. The number of hydrogen-bond donors (Lipinski definition) is 0. The van der Waals surface area contributed by atoms with Gasteiger partial charge in [0.25, 0.3) is 0 Å². The van der Waals surface area contributed by atoms with Crippen LogP contribution in [0.25, 0.3) is 0 Å². The van der Waals surface area contributed by atoms with E-state index in [1.54, 1.807) is 0 Å². The van der Waals surface area contributed by atoms with Crippen LogP contribution in [0.4, 0.5) is 0 Å². The molecule has 3 fully saturated rings. The number of rotatable bonds is 20. The molecule has 0 N–H and O–H groups in total. The Kier molecular flexibility index (Phi) is 13.7. The Morgan fingerprint density at radius 1 is 0.435 bits per heavy atom. The molecule has 0 saturated carbocycles. The summed E-state index contributed by atoms with van der Waals surface area (Å²) in [7, 11) is 0. The van der Waals surface area contributed by atoms with E-state index in [2.05, 4.69) is 162 Å². The lowest BCUT2D eigenvalue weighted by Gasteiger charge is -2.40. The van der Waals surface area contributed by atoms with Crippen molar-refractivity contribution in [2.24, 2.45) is 16.2 Å². The molecule has 0 amide bonds. The Morgan fingerprint density at radius 3 is 1.02 bits per heavy atom. The summed E-state index contributed by atoms with van der Waals surface area (Å²) in [6.07, 6.45) is 3.16. The predicted octanol–water partition coefficient (Wildman–Crippen LogP) is 13.2. The van der Waals surface area contributed by atoms with E-state index in [0.29, 0.717) is 25.7 Å². The topological polar surface area (TPSA) is 55.4 Å².